The van der Waals surface area contributed by atoms with Crippen LogP contribution < -0.4 is 19.3 Å². The average molecular weight is 439 g/mol. The summed E-state index contributed by atoms with van der Waals surface area (Å²) in [5.74, 6) is 1.61. The molecule has 32 heavy (non-hydrogen) atoms. The van der Waals surface area contributed by atoms with Crippen LogP contribution in [-0.2, 0) is 4.79 Å². The first-order chi connectivity index (χ1) is 15.6. The van der Waals surface area contributed by atoms with Gasteiger partial charge in [-0.2, -0.15) is 0 Å². The lowest BCUT2D eigenvalue weighted by Crippen LogP contribution is -2.51. The molecule has 2 saturated heterocycles. The van der Waals surface area contributed by atoms with Crippen molar-refractivity contribution in [3.8, 4) is 11.5 Å². The van der Waals surface area contributed by atoms with Gasteiger partial charge in [-0.15, -0.1) is 0 Å². The van der Waals surface area contributed by atoms with Crippen LogP contribution in [0.3, 0.4) is 0 Å². The first kappa shape index (κ1) is 21.8. The van der Waals surface area contributed by atoms with E-state index in [-0.39, 0.29) is 18.5 Å². The number of rotatable bonds is 7. The maximum Gasteiger partial charge on any atom is 0.325 e. The van der Waals surface area contributed by atoms with Gasteiger partial charge in [-0.3, -0.25) is 9.69 Å². The Bertz CT molecular complexity index is 924. The molecule has 0 saturated carbocycles. The predicted octanol–water partition coefficient (Wildman–Crippen LogP) is 2.68. The lowest BCUT2D eigenvalue weighted by molar-refractivity contribution is -0.131. The monoisotopic (exact) mass is 438 g/mol. The van der Waals surface area contributed by atoms with Crippen LogP contribution in [0.2, 0.25) is 0 Å². The molecule has 0 bridgehead atoms. The van der Waals surface area contributed by atoms with E-state index in [4.69, 9.17) is 9.47 Å². The van der Waals surface area contributed by atoms with Crippen LogP contribution in [-0.4, -0.2) is 81.3 Å². The number of amides is 3. The molecule has 0 aromatic heterocycles. The molecule has 2 aromatic carbocycles. The quantitative estimate of drug-likeness (QED) is 0.665. The fourth-order valence-corrected chi connectivity index (χ4v) is 4.13. The van der Waals surface area contributed by atoms with Crippen molar-refractivity contribution in [2.75, 3.05) is 69.3 Å². The van der Waals surface area contributed by atoms with Crippen LogP contribution in [0.1, 0.15) is 6.92 Å². The molecule has 0 atom stereocenters. The highest BCUT2D eigenvalue weighted by molar-refractivity contribution is 5.96. The van der Waals surface area contributed by atoms with Gasteiger partial charge in [0.1, 0.15) is 18.0 Å². The van der Waals surface area contributed by atoms with E-state index in [9.17, 15) is 9.59 Å². The van der Waals surface area contributed by atoms with Gasteiger partial charge in [0.2, 0.25) is 5.91 Å². The number of nitrogens with zero attached hydrogens (tertiary/aromatic N) is 4. The number of urea groups is 1. The Hall–Kier alpha value is -3.42. The highest BCUT2D eigenvalue weighted by atomic mass is 16.5. The van der Waals surface area contributed by atoms with Gasteiger partial charge in [-0.25, -0.2) is 4.79 Å². The van der Waals surface area contributed by atoms with Crippen molar-refractivity contribution in [1.29, 1.82) is 0 Å². The predicted molar refractivity (Wildman–Crippen MR) is 124 cm³/mol. The Balaban J connectivity index is 1.28. The number of benzene rings is 2. The fraction of sp³-hybridized carbons (Fsp3) is 0.417. The Morgan fingerprint density at radius 1 is 0.844 bits per heavy atom. The summed E-state index contributed by atoms with van der Waals surface area (Å²) in [6, 6.07) is 15.3. The third-order valence-corrected chi connectivity index (χ3v) is 5.95. The summed E-state index contributed by atoms with van der Waals surface area (Å²) >= 11 is 0. The highest BCUT2D eigenvalue weighted by Gasteiger charge is 2.32. The Labute approximate surface area is 188 Å². The summed E-state index contributed by atoms with van der Waals surface area (Å²) in [6.07, 6.45) is 0. The molecule has 2 aromatic rings. The second-order valence-corrected chi connectivity index (χ2v) is 7.85. The third kappa shape index (κ3) is 4.74. The Kier molecular flexibility index (Phi) is 6.68. The zero-order chi connectivity index (χ0) is 22.5. The van der Waals surface area contributed by atoms with Gasteiger partial charge >= 0.3 is 6.03 Å². The molecule has 2 heterocycles. The Morgan fingerprint density at radius 3 is 2.09 bits per heavy atom. The van der Waals surface area contributed by atoms with Crippen LogP contribution >= 0.6 is 0 Å². The molecule has 2 fully saturated rings. The molecule has 0 N–H and O–H groups in total. The van der Waals surface area contributed by atoms with E-state index in [2.05, 4.69) is 4.90 Å². The van der Waals surface area contributed by atoms with E-state index in [0.717, 1.165) is 36.0 Å². The van der Waals surface area contributed by atoms with Gasteiger partial charge in [0.05, 0.1) is 13.7 Å². The summed E-state index contributed by atoms with van der Waals surface area (Å²) in [4.78, 5) is 33.2. The maximum absolute atomic E-state index is 12.9. The largest absolute Gasteiger partial charge is 0.497 e. The second-order valence-electron chi connectivity index (χ2n) is 7.85. The van der Waals surface area contributed by atoms with Crippen LogP contribution in [0.25, 0.3) is 0 Å². The van der Waals surface area contributed by atoms with Gasteiger partial charge in [-0.1, -0.05) is 0 Å². The fourth-order valence-electron chi connectivity index (χ4n) is 4.13. The SMILES string of the molecule is CCOc1ccc(N2CCN(CC(=O)N3CCN(c4ccc(OC)cc4)CC3)C2=O)cc1. The van der Waals surface area contributed by atoms with Crippen molar-refractivity contribution in [1.82, 2.24) is 9.80 Å². The molecule has 2 aliphatic heterocycles. The van der Waals surface area contributed by atoms with Crippen molar-refractivity contribution >= 4 is 23.3 Å². The Morgan fingerprint density at radius 2 is 1.47 bits per heavy atom. The molecule has 8 nitrogen and oxygen atoms in total. The summed E-state index contributed by atoms with van der Waals surface area (Å²) in [5, 5.41) is 0. The maximum atomic E-state index is 12.9. The van der Waals surface area contributed by atoms with E-state index in [0.29, 0.717) is 32.8 Å². The number of anilines is 2. The second kappa shape index (κ2) is 9.80. The van der Waals surface area contributed by atoms with Crippen molar-refractivity contribution in [3.05, 3.63) is 48.5 Å². The molecule has 0 radical (unpaired) electrons. The molecule has 0 spiro atoms. The van der Waals surface area contributed by atoms with E-state index in [1.807, 2.05) is 60.4 Å². The van der Waals surface area contributed by atoms with E-state index >= 15 is 0 Å². The summed E-state index contributed by atoms with van der Waals surface area (Å²) in [5.41, 5.74) is 1.94. The zero-order valence-electron chi connectivity index (χ0n) is 18.7. The third-order valence-electron chi connectivity index (χ3n) is 5.95. The molecule has 8 heteroatoms. The summed E-state index contributed by atoms with van der Waals surface area (Å²) in [6.45, 7) is 6.61. The number of carbonyl (C=O) groups excluding carboxylic acids is 2. The van der Waals surface area contributed by atoms with Gasteiger partial charge in [0.15, 0.2) is 0 Å². The van der Waals surface area contributed by atoms with Crippen molar-refractivity contribution in [2.24, 2.45) is 0 Å². The molecule has 3 amide bonds. The zero-order valence-corrected chi connectivity index (χ0v) is 18.7. The average Bonchev–Trinajstić information content (AvgIpc) is 3.20. The molecular weight excluding hydrogens is 408 g/mol. The minimum atomic E-state index is -0.126. The van der Waals surface area contributed by atoms with Gasteiger partial charge in [-0.05, 0) is 55.5 Å². The molecule has 2 aliphatic rings. The van der Waals surface area contributed by atoms with Crippen LogP contribution in [0, 0.1) is 0 Å². The standard InChI is InChI=1S/C24H30N4O4/c1-3-32-22-10-6-20(7-11-22)28-17-16-27(24(28)30)18-23(29)26-14-12-25(13-15-26)19-4-8-21(31-2)9-5-19/h4-11H,3,12-18H2,1-2H3. The van der Waals surface area contributed by atoms with Gasteiger partial charge in [0.25, 0.3) is 0 Å². The van der Waals surface area contributed by atoms with Crippen molar-refractivity contribution in [2.45, 2.75) is 6.92 Å². The lowest BCUT2D eigenvalue weighted by Gasteiger charge is -2.36. The normalized spacial score (nSPS) is 16.5. The number of hydrogen-bond donors (Lipinski definition) is 0. The number of piperazine rings is 1. The highest BCUT2D eigenvalue weighted by Crippen LogP contribution is 2.24. The van der Waals surface area contributed by atoms with E-state index in [1.54, 1.807) is 16.9 Å². The minimum absolute atomic E-state index is 0.00118. The number of hydrogen-bond acceptors (Lipinski definition) is 5. The first-order valence-electron chi connectivity index (χ1n) is 11.0. The van der Waals surface area contributed by atoms with E-state index < -0.39 is 0 Å². The minimum Gasteiger partial charge on any atom is -0.497 e. The number of methoxy groups -OCH3 is 1. The van der Waals surface area contributed by atoms with E-state index in [1.165, 1.54) is 0 Å². The number of carbonyl (C=O) groups is 2. The van der Waals surface area contributed by atoms with Crippen LogP contribution in [0.4, 0.5) is 16.2 Å². The topological polar surface area (TPSA) is 65.6 Å². The number of ether oxygens (including phenoxy) is 2. The summed E-state index contributed by atoms with van der Waals surface area (Å²) in [7, 11) is 1.65. The van der Waals surface area contributed by atoms with Crippen LogP contribution in [0.15, 0.2) is 48.5 Å². The smallest absolute Gasteiger partial charge is 0.325 e. The molecule has 170 valence electrons. The van der Waals surface area contributed by atoms with Crippen molar-refractivity contribution in [3.63, 3.8) is 0 Å². The van der Waals surface area contributed by atoms with Crippen LogP contribution in [0.5, 0.6) is 11.5 Å². The summed E-state index contributed by atoms with van der Waals surface area (Å²) < 4.78 is 10.7. The van der Waals surface area contributed by atoms with Crippen molar-refractivity contribution < 1.29 is 19.1 Å². The molecule has 0 aliphatic carbocycles. The molecule has 0 unspecified atom stereocenters. The van der Waals surface area contributed by atoms with Gasteiger partial charge in [0, 0.05) is 50.6 Å². The lowest BCUT2D eigenvalue weighted by atomic mass is 10.2. The molecular formula is C24H30N4O4. The molecule has 4 rings (SSSR count). The van der Waals surface area contributed by atoms with Gasteiger partial charge < -0.3 is 24.2 Å². The first-order valence-corrected chi connectivity index (χ1v) is 11.0.